The van der Waals surface area contributed by atoms with Crippen LogP contribution in [0.2, 0.25) is 0 Å². The molecule has 0 aliphatic heterocycles. The van der Waals surface area contributed by atoms with Gasteiger partial charge < -0.3 is 16.2 Å². The van der Waals surface area contributed by atoms with Crippen molar-refractivity contribution in [3.63, 3.8) is 0 Å². The standard InChI is InChI=1S/C14H14FN3O2/c15-11-4-2-1-3-9(11)5-7-17-13-12(16)10(14(19)20)6-8-18-13/h1-4,6,8H,5,7,16H2,(H,17,18)(H,19,20). The van der Waals surface area contributed by atoms with Crippen molar-refractivity contribution >= 4 is 17.5 Å². The Morgan fingerprint density at radius 3 is 2.80 bits per heavy atom. The van der Waals surface area contributed by atoms with Crippen molar-refractivity contribution in [2.24, 2.45) is 0 Å². The van der Waals surface area contributed by atoms with Crippen molar-refractivity contribution in [3.8, 4) is 0 Å². The number of carbonyl (C=O) groups is 1. The number of aromatic nitrogens is 1. The lowest BCUT2D eigenvalue weighted by Crippen LogP contribution is -2.12. The van der Waals surface area contributed by atoms with Crippen LogP contribution in [0.15, 0.2) is 36.5 Å². The average molecular weight is 275 g/mol. The van der Waals surface area contributed by atoms with Gasteiger partial charge in [-0.15, -0.1) is 0 Å². The van der Waals surface area contributed by atoms with Gasteiger partial charge in [-0.2, -0.15) is 0 Å². The Balaban J connectivity index is 2.03. The van der Waals surface area contributed by atoms with Gasteiger partial charge in [-0.25, -0.2) is 14.2 Å². The summed E-state index contributed by atoms with van der Waals surface area (Å²) in [7, 11) is 0. The van der Waals surface area contributed by atoms with Gasteiger partial charge >= 0.3 is 5.97 Å². The number of nitrogens with zero attached hydrogens (tertiary/aromatic N) is 1. The smallest absolute Gasteiger partial charge is 0.337 e. The molecule has 1 aromatic heterocycles. The molecule has 6 heteroatoms. The number of carboxylic acids is 1. The van der Waals surface area contributed by atoms with Crippen molar-refractivity contribution < 1.29 is 14.3 Å². The molecule has 0 spiro atoms. The van der Waals surface area contributed by atoms with Crippen LogP contribution in [-0.2, 0) is 6.42 Å². The van der Waals surface area contributed by atoms with Gasteiger partial charge in [-0.05, 0) is 24.1 Å². The first kappa shape index (κ1) is 13.8. The van der Waals surface area contributed by atoms with Crippen molar-refractivity contribution in [1.82, 2.24) is 4.98 Å². The molecule has 5 nitrogen and oxygen atoms in total. The fraction of sp³-hybridized carbons (Fsp3) is 0.143. The Morgan fingerprint density at radius 1 is 1.35 bits per heavy atom. The number of pyridine rings is 1. The van der Waals surface area contributed by atoms with Gasteiger partial charge in [0.25, 0.3) is 0 Å². The second kappa shape index (κ2) is 6.01. The van der Waals surface area contributed by atoms with E-state index in [4.69, 9.17) is 10.8 Å². The summed E-state index contributed by atoms with van der Waals surface area (Å²) in [6, 6.07) is 7.81. The quantitative estimate of drug-likeness (QED) is 0.778. The molecule has 0 atom stereocenters. The number of anilines is 2. The van der Waals surface area contributed by atoms with E-state index in [-0.39, 0.29) is 17.1 Å². The third kappa shape index (κ3) is 3.03. The van der Waals surface area contributed by atoms with Gasteiger partial charge in [0.15, 0.2) is 0 Å². The van der Waals surface area contributed by atoms with Gasteiger partial charge in [0.1, 0.15) is 11.6 Å². The van der Waals surface area contributed by atoms with Crippen LogP contribution in [0.5, 0.6) is 0 Å². The molecule has 0 saturated carbocycles. The molecule has 2 rings (SSSR count). The number of nitrogen functional groups attached to an aromatic ring is 1. The second-order valence-corrected chi connectivity index (χ2v) is 4.19. The molecule has 104 valence electrons. The average Bonchev–Trinajstić information content (AvgIpc) is 2.42. The number of hydrogen-bond donors (Lipinski definition) is 3. The van der Waals surface area contributed by atoms with Gasteiger partial charge in [0.2, 0.25) is 0 Å². The number of rotatable bonds is 5. The fourth-order valence-corrected chi connectivity index (χ4v) is 1.82. The molecule has 2 aromatic rings. The van der Waals surface area contributed by atoms with Crippen LogP contribution in [0.3, 0.4) is 0 Å². The van der Waals surface area contributed by atoms with Crippen molar-refractivity contribution in [2.45, 2.75) is 6.42 Å². The number of aromatic carboxylic acids is 1. The first-order chi connectivity index (χ1) is 9.59. The molecule has 0 unspecified atom stereocenters. The number of halogens is 1. The second-order valence-electron chi connectivity index (χ2n) is 4.19. The van der Waals surface area contributed by atoms with Crippen LogP contribution >= 0.6 is 0 Å². The van der Waals surface area contributed by atoms with E-state index in [1.807, 2.05) is 0 Å². The normalized spacial score (nSPS) is 10.2. The molecule has 20 heavy (non-hydrogen) atoms. The lowest BCUT2D eigenvalue weighted by atomic mass is 10.1. The van der Waals surface area contributed by atoms with E-state index >= 15 is 0 Å². The molecule has 0 bridgehead atoms. The van der Waals surface area contributed by atoms with E-state index in [0.717, 1.165) is 0 Å². The van der Waals surface area contributed by atoms with Crippen LogP contribution in [0.4, 0.5) is 15.9 Å². The third-order valence-corrected chi connectivity index (χ3v) is 2.87. The van der Waals surface area contributed by atoms with Gasteiger partial charge in [0, 0.05) is 12.7 Å². The van der Waals surface area contributed by atoms with Crippen LogP contribution < -0.4 is 11.1 Å². The zero-order chi connectivity index (χ0) is 14.5. The van der Waals surface area contributed by atoms with Gasteiger partial charge in [-0.1, -0.05) is 18.2 Å². The summed E-state index contributed by atoms with van der Waals surface area (Å²) < 4.78 is 13.4. The monoisotopic (exact) mass is 275 g/mol. The van der Waals surface area contributed by atoms with Crippen molar-refractivity contribution in [3.05, 3.63) is 53.5 Å². The number of nitrogens with one attached hydrogen (secondary N) is 1. The summed E-state index contributed by atoms with van der Waals surface area (Å²) >= 11 is 0. The van der Waals surface area contributed by atoms with Crippen molar-refractivity contribution in [2.75, 3.05) is 17.6 Å². The van der Waals surface area contributed by atoms with Crippen molar-refractivity contribution in [1.29, 1.82) is 0 Å². The number of nitrogens with two attached hydrogens (primary N) is 1. The molecule has 1 heterocycles. The SMILES string of the molecule is Nc1c(C(=O)O)ccnc1NCCc1ccccc1F. The maximum atomic E-state index is 13.4. The molecule has 0 saturated heterocycles. The minimum Gasteiger partial charge on any atom is -0.478 e. The van der Waals surface area contributed by atoms with E-state index < -0.39 is 5.97 Å². The summed E-state index contributed by atoms with van der Waals surface area (Å²) in [5.74, 6) is -1.09. The summed E-state index contributed by atoms with van der Waals surface area (Å²) in [6.07, 6.45) is 1.82. The Morgan fingerprint density at radius 2 is 2.10 bits per heavy atom. The number of carboxylic acid groups (broad SMARTS) is 1. The zero-order valence-electron chi connectivity index (χ0n) is 10.6. The maximum absolute atomic E-state index is 13.4. The minimum atomic E-state index is -1.11. The number of hydrogen-bond acceptors (Lipinski definition) is 4. The molecule has 4 N–H and O–H groups in total. The molecule has 0 radical (unpaired) electrons. The Bertz CT molecular complexity index is 632. The summed E-state index contributed by atoms with van der Waals surface area (Å²) in [5.41, 5.74) is 6.36. The van der Waals surface area contributed by atoms with E-state index in [9.17, 15) is 9.18 Å². The predicted molar refractivity (Wildman–Crippen MR) is 74.2 cm³/mol. The summed E-state index contributed by atoms with van der Waals surface area (Å²) in [5, 5.41) is 11.9. The Labute approximate surface area is 115 Å². The highest BCUT2D eigenvalue weighted by Gasteiger charge is 2.11. The minimum absolute atomic E-state index is 0.00612. The van der Waals surface area contributed by atoms with E-state index in [2.05, 4.69) is 10.3 Å². The Hall–Kier alpha value is -2.63. The lowest BCUT2D eigenvalue weighted by molar-refractivity contribution is 0.0698. The molecule has 0 aliphatic carbocycles. The highest BCUT2D eigenvalue weighted by Crippen LogP contribution is 2.19. The highest BCUT2D eigenvalue weighted by atomic mass is 19.1. The first-order valence-corrected chi connectivity index (χ1v) is 6.04. The van der Waals surface area contributed by atoms with Crippen LogP contribution in [-0.4, -0.2) is 22.6 Å². The van der Waals surface area contributed by atoms with E-state index in [1.54, 1.807) is 18.2 Å². The largest absolute Gasteiger partial charge is 0.478 e. The van der Waals surface area contributed by atoms with Gasteiger partial charge in [-0.3, -0.25) is 0 Å². The molecular weight excluding hydrogens is 261 g/mol. The van der Waals surface area contributed by atoms with E-state index in [0.29, 0.717) is 24.3 Å². The molecule has 1 aromatic carbocycles. The maximum Gasteiger partial charge on any atom is 0.337 e. The molecule has 0 fully saturated rings. The summed E-state index contributed by atoms with van der Waals surface area (Å²) in [4.78, 5) is 14.9. The molecular formula is C14H14FN3O2. The zero-order valence-corrected chi connectivity index (χ0v) is 10.6. The lowest BCUT2D eigenvalue weighted by Gasteiger charge is -2.10. The van der Waals surface area contributed by atoms with Gasteiger partial charge in [0.05, 0.1) is 11.3 Å². The topological polar surface area (TPSA) is 88.2 Å². The van der Waals surface area contributed by atoms with Crippen LogP contribution in [0.25, 0.3) is 0 Å². The highest BCUT2D eigenvalue weighted by molar-refractivity contribution is 5.96. The first-order valence-electron chi connectivity index (χ1n) is 6.04. The predicted octanol–water partition coefficient (Wildman–Crippen LogP) is 2.16. The Kier molecular flexibility index (Phi) is 4.14. The third-order valence-electron chi connectivity index (χ3n) is 2.87. The molecule has 0 aliphatic rings. The fourth-order valence-electron chi connectivity index (χ4n) is 1.82. The van der Waals surface area contributed by atoms with Crippen LogP contribution in [0.1, 0.15) is 15.9 Å². The van der Waals surface area contributed by atoms with E-state index in [1.165, 1.54) is 18.3 Å². The number of benzene rings is 1. The molecule has 0 amide bonds. The summed E-state index contributed by atoms with van der Waals surface area (Å²) in [6.45, 7) is 0.404. The van der Waals surface area contributed by atoms with Crippen LogP contribution in [0, 0.1) is 5.82 Å².